The molecule has 2 rings (SSSR count). The summed E-state index contributed by atoms with van der Waals surface area (Å²) in [6, 6.07) is 0. The molecule has 0 spiro atoms. The van der Waals surface area contributed by atoms with Gasteiger partial charge in [0.05, 0.1) is 10.9 Å². The average molecular weight is 278 g/mol. The van der Waals surface area contributed by atoms with Gasteiger partial charge in [0.15, 0.2) is 0 Å². The van der Waals surface area contributed by atoms with Crippen LogP contribution in [0.1, 0.15) is 31.2 Å². The van der Waals surface area contributed by atoms with Crippen molar-refractivity contribution in [2.75, 3.05) is 11.9 Å². The Morgan fingerprint density at radius 1 is 1.37 bits per heavy atom. The molecular weight excluding hydrogens is 256 g/mol. The molecule has 0 amide bonds. The number of nitrogens with one attached hydrogen (secondary N) is 1. The van der Waals surface area contributed by atoms with Crippen LogP contribution in [0.25, 0.3) is 10.2 Å². The smallest absolute Gasteiger partial charge is 0.138 e. The molecule has 0 aliphatic heterocycles. The van der Waals surface area contributed by atoms with Crippen molar-refractivity contribution >= 4 is 27.4 Å². The minimum Gasteiger partial charge on any atom is -0.363 e. The molecule has 2 aromatic heterocycles. The van der Waals surface area contributed by atoms with Gasteiger partial charge >= 0.3 is 0 Å². The first-order valence-electron chi connectivity index (χ1n) is 6.58. The maximum atomic E-state index is 5.94. The second-order valence-electron chi connectivity index (χ2n) is 5.59. The van der Waals surface area contributed by atoms with E-state index in [2.05, 4.69) is 49.9 Å². The van der Waals surface area contributed by atoms with Gasteiger partial charge in [-0.1, -0.05) is 13.8 Å². The second kappa shape index (κ2) is 5.06. The molecule has 104 valence electrons. The number of hydrogen-bond acceptors (Lipinski definition) is 5. The van der Waals surface area contributed by atoms with Crippen molar-refractivity contribution in [2.24, 2.45) is 11.7 Å². The predicted molar refractivity (Wildman–Crippen MR) is 82.8 cm³/mol. The van der Waals surface area contributed by atoms with E-state index < -0.39 is 0 Å². The molecule has 4 nitrogen and oxygen atoms in total. The Kier molecular flexibility index (Phi) is 3.78. The fraction of sp³-hybridized carbons (Fsp3) is 0.571. The standard InChI is InChI=1S/C14H22N4S/c1-8(2)14(5,6-15)18-12-11-9(3)10(4)19-13(11)17-7-16-12/h7-8H,6,15H2,1-5H3,(H,16,17,18). The number of fused-ring (bicyclic) bond motifs is 1. The van der Waals surface area contributed by atoms with Crippen LogP contribution < -0.4 is 11.1 Å². The lowest BCUT2D eigenvalue weighted by molar-refractivity contribution is 0.382. The molecular formula is C14H22N4S. The Balaban J connectivity index is 2.51. The molecule has 2 heterocycles. The van der Waals surface area contributed by atoms with Gasteiger partial charge < -0.3 is 11.1 Å². The van der Waals surface area contributed by atoms with E-state index in [4.69, 9.17) is 5.73 Å². The Morgan fingerprint density at radius 2 is 2.05 bits per heavy atom. The first-order chi connectivity index (χ1) is 8.89. The topological polar surface area (TPSA) is 63.8 Å². The average Bonchev–Trinajstić information content (AvgIpc) is 2.66. The van der Waals surface area contributed by atoms with Crippen molar-refractivity contribution < 1.29 is 0 Å². The fourth-order valence-electron chi connectivity index (χ4n) is 1.98. The van der Waals surface area contributed by atoms with E-state index in [1.807, 2.05) is 0 Å². The van der Waals surface area contributed by atoms with E-state index in [0.717, 1.165) is 16.0 Å². The number of anilines is 1. The summed E-state index contributed by atoms with van der Waals surface area (Å²) in [5.41, 5.74) is 7.03. The number of nitrogens with zero attached hydrogens (tertiary/aromatic N) is 2. The van der Waals surface area contributed by atoms with Crippen molar-refractivity contribution in [3.05, 3.63) is 16.8 Å². The van der Waals surface area contributed by atoms with E-state index in [9.17, 15) is 0 Å². The molecule has 1 unspecified atom stereocenters. The minimum absolute atomic E-state index is 0.163. The van der Waals surface area contributed by atoms with Gasteiger partial charge in [-0.15, -0.1) is 11.3 Å². The number of nitrogens with two attached hydrogens (primary N) is 1. The summed E-state index contributed by atoms with van der Waals surface area (Å²) in [6.07, 6.45) is 1.62. The van der Waals surface area contributed by atoms with E-state index in [-0.39, 0.29) is 5.54 Å². The van der Waals surface area contributed by atoms with Crippen molar-refractivity contribution in [3.8, 4) is 0 Å². The summed E-state index contributed by atoms with van der Waals surface area (Å²) >= 11 is 1.71. The maximum Gasteiger partial charge on any atom is 0.138 e. The molecule has 0 saturated heterocycles. The summed E-state index contributed by atoms with van der Waals surface area (Å²) < 4.78 is 0. The first-order valence-corrected chi connectivity index (χ1v) is 7.39. The van der Waals surface area contributed by atoms with Crippen LogP contribution in [0.2, 0.25) is 0 Å². The highest BCUT2D eigenvalue weighted by molar-refractivity contribution is 7.18. The Bertz CT molecular complexity index is 590. The molecule has 2 aromatic rings. The largest absolute Gasteiger partial charge is 0.363 e. The number of hydrogen-bond donors (Lipinski definition) is 2. The van der Waals surface area contributed by atoms with Gasteiger partial charge in [-0.25, -0.2) is 9.97 Å². The van der Waals surface area contributed by atoms with Crippen molar-refractivity contribution in [2.45, 2.75) is 40.2 Å². The lowest BCUT2D eigenvalue weighted by Crippen LogP contribution is -2.47. The van der Waals surface area contributed by atoms with Crippen LogP contribution in [-0.2, 0) is 0 Å². The zero-order chi connectivity index (χ0) is 14.2. The van der Waals surface area contributed by atoms with Gasteiger partial charge in [0.1, 0.15) is 17.0 Å². The number of aryl methyl sites for hydroxylation is 2. The highest BCUT2D eigenvalue weighted by atomic mass is 32.1. The molecule has 0 radical (unpaired) electrons. The Hall–Kier alpha value is -1.20. The van der Waals surface area contributed by atoms with Crippen LogP contribution in [-0.4, -0.2) is 22.1 Å². The third-order valence-electron chi connectivity index (χ3n) is 4.07. The first kappa shape index (κ1) is 14.2. The van der Waals surface area contributed by atoms with Gasteiger partial charge in [0.2, 0.25) is 0 Å². The SMILES string of the molecule is Cc1sc2ncnc(NC(C)(CN)C(C)C)c2c1C. The molecule has 0 aliphatic rings. The fourth-order valence-corrected chi connectivity index (χ4v) is 2.98. The molecule has 0 aliphatic carbocycles. The Morgan fingerprint density at radius 3 is 2.63 bits per heavy atom. The highest BCUT2D eigenvalue weighted by Gasteiger charge is 2.28. The monoisotopic (exact) mass is 278 g/mol. The molecule has 0 fully saturated rings. The van der Waals surface area contributed by atoms with Gasteiger partial charge in [0, 0.05) is 11.4 Å². The van der Waals surface area contributed by atoms with Crippen LogP contribution in [0.4, 0.5) is 5.82 Å². The van der Waals surface area contributed by atoms with Gasteiger partial charge in [-0.05, 0) is 32.3 Å². The lowest BCUT2D eigenvalue weighted by Gasteiger charge is -2.34. The van der Waals surface area contributed by atoms with Gasteiger partial charge in [0.25, 0.3) is 0 Å². The molecule has 0 aromatic carbocycles. The number of thiophene rings is 1. The molecule has 3 N–H and O–H groups in total. The molecule has 19 heavy (non-hydrogen) atoms. The van der Waals surface area contributed by atoms with E-state index >= 15 is 0 Å². The van der Waals surface area contributed by atoms with Crippen molar-refractivity contribution in [3.63, 3.8) is 0 Å². The van der Waals surface area contributed by atoms with Crippen LogP contribution in [0.15, 0.2) is 6.33 Å². The molecule has 5 heteroatoms. The quantitative estimate of drug-likeness (QED) is 0.902. The zero-order valence-corrected chi connectivity index (χ0v) is 13.1. The summed E-state index contributed by atoms with van der Waals surface area (Å²) in [7, 11) is 0. The minimum atomic E-state index is -0.163. The van der Waals surface area contributed by atoms with Crippen LogP contribution >= 0.6 is 11.3 Å². The third kappa shape index (κ3) is 2.44. The van der Waals surface area contributed by atoms with Crippen molar-refractivity contribution in [1.29, 1.82) is 0 Å². The Labute approximate surface area is 118 Å². The van der Waals surface area contributed by atoms with Gasteiger partial charge in [-0.2, -0.15) is 0 Å². The molecule has 0 bridgehead atoms. The lowest BCUT2D eigenvalue weighted by atomic mass is 9.88. The van der Waals surface area contributed by atoms with Crippen molar-refractivity contribution in [1.82, 2.24) is 9.97 Å². The molecule has 0 saturated carbocycles. The summed E-state index contributed by atoms with van der Waals surface area (Å²) in [5, 5.41) is 4.66. The number of rotatable bonds is 4. The van der Waals surface area contributed by atoms with Crippen LogP contribution in [0.5, 0.6) is 0 Å². The van der Waals surface area contributed by atoms with Crippen LogP contribution in [0, 0.1) is 19.8 Å². The summed E-state index contributed by atoms with van der Waals surface area (Å²) in [6.45, 7) is 11.3. The molecule has 1 atom stereocenters. The zero-order valence-electron chi connectivity index (χ0n) is 12.2. The highest BCUT2D eigenvalue weighted by Crippen LogP contribution is 2.34. The summed E-state index contributed by atoms with van der Waals surface area (Å²) in [4.78, 5) is 11.1. The third-order valence-corrected chi connectivity index (χ3v) is 5.18. The van der Waals surface area contributed by atoms with E-state index in [0.29, 0.717) is 12.5 Å². The maximum absolute atomic E-state index is 5.94. The number of aromatic nitrogens is 2. The van der Waals surface area contributed by atoms with E-state index in [1.54, 1.807) is 17.7 Å². The van der Waals surface area contributed by atoms with Crippen LogP contribution in [0.3, 0.4) is 0 Å². The van der Waals surface area contributed by atoms with E-state index in [1.165, 1.54) is 10.4 Å². The summed E-state index contributed by atoms with van der Waals surface area (Å²) in [5.74, 6) is 1.32. The normalized spacial score (nSPS) is 14.9. The predicted octanol–water partition coefficient (Wildman–Crippen LogP) is 3.09. The second-order valence-corrected chi connectivity index (χ2v) is 6.79. The van der Waals surface area contributed by atoms with Gasteiger partial charge in [-0.3, -0.25) is 0 Å².